The van der Waals surface area contributed by atoms with Crippen molar-refractivity contribution >= 4 is 12.0 Å². The monoisotopic (exact) mass is 280 g/mol. The number of carboxylic acid groups (broad SMARTS) is 1. The Morgan fingerprint density at radius 1 is 1.50 bits per heavy atom. The van der Waals surface area contributed by atoms with Crippen LogP contribution in [0.3, 0.4) is 0 Å². The van der Waals surface area contributed by atoms with Gasteiger partial charge in [0.25, 0.3) is 0 Å². The summed E-state index contributed by atoms with van der Waals surface area (Å²) in [6, 6.07) is 4.39. The SMILES string of the molecule is O=C(O)C=Cc1cc(F)cc(COCC2CCOC2)c1. The van der Waals surface area contributed by atoms with E-state index in [1.165, 1.54) is 18.2 Å². The third-order valence-electron chi connectivity index (χ3n) is 3.04. The molecule has 20 heavy (non-hydrogen) atoms. The summed E-state index contributed by atoms with van der Waals surface area (Å²) in [7, 11) is 0. The molecular weight excluding hydrogens is 263 g/mol. The van der Waals surface area contributed by atoms with Crippen LogP contribution >= 0.6 is 0 Å². The van der Waals surface area contributed by atoms with Gasteiger partial charge in [0.2, 0.25) is 0 Å². The Morgan fingerprint density at radius 2 is 2.35 bits per heavy atom. The average molecular weight is 280 g/mol. The summed E-state index contributed by atoms with van der Waals surface area (Å²) >= 11 is 0. The zero-order valence-corrected chi connectivity index (χ0v) is 11.0. The van der Waals surface area contributed by atoms with E-state index in [4.69, 9.17) is 14.6 Å². The predicted octanol–water partition coefficient (Wildman–Crippen LogP) is 2.48. The van der Waals surface area contributed by atoms with Crippen LogP contribution in [0.15, 0.2) is 24.3 Å². The van der Waals surface area contributed by atoms with Gasteiger partial charge in [0, 0.05) is 18.6 Å². The number of benzene rings is 1. The van der Waals surface area contributed by atoms with Crippen LogP contribution in [-0.2, 0) is 20.9 Å². The molecular formula is C15H17FO4. The molecule has 5 heteroatoms. The Labute approximate surface area is 116 Å². The summed E-state index contributed by atoms with van der Waals surface area (Å²) in [6.45, 7) is 2.40. The molecule has 0 aromatic heterocycles. The second-order valence-corrected chi connectivity index (χ2v) is 4.81. The van der Waals surface area contributed by atoms with Crippen LogP contribution < -0.4 is 0 Å². The molecule has 0 bridgehead atoms. The fourth-order valence-electron chi connectivity index (χ4n) is 2.08. The highest BCUT2D eigenvalue weighted by atomic mass is 19.1. The number of hydrogen-bond donors (Lipinski definition) is 1. The standard InChI is InChI=1S/C15H17FO4/c16-14-6-11(1-2-15(17)18)5-13(7-14)10-20-9-12-3-4-19-8-12/h1-2,5-7,12H,3-4,8-10H2,(H,17,18). The predicted molar refractivity (Wildman–Crippen MR) is 71.7 cm³/mol. The van der Waals surface area contributed by atoms with Gasteiger partial charge < -0.3 is 14.6 Å². The van der Waals surface area contributed by atoms with E-state index >= 15 is 0 Å². The van der Waals surface area contributed by atoms with Crippen LogP contribution in [0, 0.1) is 11.7 Å². The van der Waals surface area contributed by atoms with Gasteiger partial charge in [-0.15, -0.1) is 0 Å². The zero-order valence-electron chi connectivity index (χ0n) is 11.0. The van der Waals surface area contributed by atoms with Gasteiger partial charge in [-0.05, 0) is 41.8 Å². The first kappa shape index (κ1) is 14.7. The summed E-state index contributed by atoms with van der Waals surface area (Å²) in [5, 5.41) is 8.56. The van der Waals surface area contributed by atoms with E-state index in [1.54, 1.807) is 6.07 Å². The van der Waals surface area contributed by atoms with E-state index in [0.717, 1.165) is 25.7 Å². The lowest BCUT2D eigenvalue weighted by Gasteiger charge is -2.09. The van der Waals surface area contributed by atoms with Gasteiger partial charge in [-0.1, -0.05) is 0 Å². The van der Waals surface area contributed by atoms with Crippen LogP contribution in [0.25, 0.3) is 6.08 Å². The van der Waals surface area contributed by atoms with Gasteiger partial charge in [0.1, 0.15) is 5.82 Å². The van der Waals surface area contributed by atoms with Crippen LogP contribution in [0.2, 0.25) is 0 Å². The molecule has 2 rings (SSSR count). The van der Waals surface area contributed by atoms with Crippen molar-refractivity contribution in [2.24, 2.45) is 5.92 Å². The van der Waals surface area contributed by atoms with Crippen molar-refractivity contribution in [3.8, 4) is 0 Å². The molecule has 1 saturated heterocycles. The molecule has 1 unspecified atom stereocenters. The summed E-state index contributed by atoms with van der Waals surface area (Å²) in [4.78, 5) is 10.4. The van der Waals surface area contributed by atoms with Crippen molar-refractivity contribution in [3.63, 3.8) is 0 Å². The van der Waals surface area contributed by atoms with Crippen molar-refractivity contribution in [1.29, 1.82) is 0 Å². The molecule has 0 saturated carbocycles. The Balaban J connectivity index is 1.91. The highest BCUT2D eigenvalue weighted by Crippen LogP contribution is 2.15. The van der Waals surface area contributed by atoms with E-state index < -0.39 is 11.8 Å². The van der Waals surface area contributed by atoms with Gasteiger partial charge in [0.05, 0.1) is 19.8 Å². The number of hydrogen-bond acceptors (Lipinski definition) is 3. The Morgan fingerprint density at radius 3 is 3.05 bits per heavy atom. The molecule has 1 aromatic rings. The fourth-order valence-corrected chi connectivity index (χ4v) is 2.08. The Kier molecular flexibility index (Phi) is 5.26. The highest BCUT2D eigenvalue weighted by Gasteiger charge is 2.15. The first-order valence-corrected chi connectivity index (χ1v) is 6.49. The molecule has 1 heterocycles. The summed E-state index contributed by atoms with van der Waals surface area (Å²) in [5.74, 6) is -1.05. The molecule has 1 N–H and O–H groups in total. The van der Waals surface area contributed by atoms with E-state index in [1.807, 2.05) is 0 Å². The van der Waals surface area contributed by atoms with Gasteiger partial charge in [0.15, 0.2) is 0 Å². The molecule has 0 spiro atoms. The topological polar surface area (TPSA) is 55.8 Å². The van der Waals surface area contributed by atoms with Crippen molar-refractivity contribution in [2.45, 2.75) is 13.0 Å². The van der Waals surface area contributed by atoms with E-state index in [-0.39, 0.29) is 0 Å². The highest BCUT2D eigenvalue weighted by molar-refractivity contribution is 5.85. The third-order valence-corrected chi connectivity index (χ3v) is 3.04. The number of aliphatic carboxylic acids is 1. The fraction of sp³-hybridized carbons (Fsp3) is 0.400. The maximum atomic E-state index is 13.4. The molecule has 0 aliphatic carbocycles. The Hall–Kier alpha value is -1.72. The van der Waals surface area contributed by atoms with Crippen LogP contribution in [0.4, 0.5) is 4.39 Å². The molecule has 0 radical (unpaired) electrons. The number of carbonyl (C=O) groups is 1. The smallest absolute Gasteiger partial charge is 0.328 e. The molecule has 4 nitrogen and oxygen atoms in total. The lowest BCUT2D eigenvalue weighted by Crippen LogP contribution is -2.09. The maximum absolute atomic E-state index is 13.4. The number of carboxylic acids is 1. The zero-order chi connectivity index (χ0) is 14.4. The van der Waals surface area contributed by atoms with Crippen LogP contribution in [0.1, 0.15) is 17.5 Å². The lowest BCUT2D eigenvalue weighted by molar-refractivity contribution is -0.131. The first-order chi connectivity index (χ1) is 9.63. The van der Waals surface area contributed by atoms with Crippen molar-refractivity contribution in [1.82, 2.24) is 0 Å². The molecule has 1 aliphatic heterocycles. The van der Waals surface area contributed by atoms with E-state index in [9.17, 15) is 9.18 Å². The van der Waals surface area contributed by atoms with Gasteiger partial charge in [-0.3, -0.25) is 0 Å². The van der Waals surface area contributed by atoms with Gasteiger partial charge in [-0.2, -0.15) is 0 Å². The van der Waals surface area contributed by atoms with Crippen molar-refractivity contribution in [2.75, 3.05) is 19.8 Å². The van der Waals surface area contributed by atoms with Gasteiger partial charge in [-0.25, -0.2) is 9.18 Å². The van der Waals surface area contributed by atoms with Crippen molar-refractivity contribution < 1.29 is 23.8 Å². The van der Waals surface area contributed by atoms with Crippen molar-refractivity contribution in [3.05, 3.63) is 41.2 Å². The molecule has 0 amide bonds. The quantitative estimate of drug-likeness (QED) is 0.813. The average Bonchev–Trinajstić information content (AvgIpc) is 2.89. The van der Waals surface area contributed by atoms with E-state index in [2.05, 4.69) is 0 Å². The number of rotatable bonds is 6. The minimum Gasteiger partial charge on any atom is -0.478 e. The molecule has 108 valence electrons. The maximum Gasteiger partial charge on any atom is 0.328 e. The Bertz CT molecular complexity index is 493. The normalized spacial score (nSPS) is 18.8. The number of halogens is 1. The second kappa shape index (κ2) is 7.17. The number of ether oxygens (including phenoxy) is 2. The molecule has 1 aromatic carbocycles. The first-order valence-electron chi connectivity index (χ1n) is 6.49. The van der Waals surface area contributed by atoms with E-state index in [0.29, 0.717) is 30.3 Å². The second-order valence-electron chi connectivity index (χ2n) is 4.81. The molecule has 1 atom stereocenters. The summed E-state index contributed by atoms with van der Waals surface area (Å²) in [5.41, 5.74) is 1.20. The lowest BCUT2D eigenvalue weighted by atomic mass is 10.1. The third kappa shape index (κ3) is 4.75. The molecule has 1 aliphatic rings. The molecule has 1 fully saturated rings. The van der Waals surface area contributed by atoms with Crippen LogP contribution in [0.5, 0.6) is 0 Å². The summed E-state index contributed by atoms with van der Waals surface area (Å²) in [6.07, 6.45) is 3.34. The minimum atomic E-state index is -1.06. The van der Waals surface area contributed by atoms with Crippen LogP contribution in [-0.4, -0.2) is 30.9 Å². The summed E-state index contributed by atoms with van der Waals surface area (Å²) < 4.78 is 24.2. The largest absolute Gasteiger partial charge is 0.478 e. The minimum absolute atomic E-state index is 0.308. The van der Waals surface area contributed by atoms with Gasteiger partial charge >= 0.3 is 5.97 Å².